The van der Waals surface area contributed by atoms with Crippen LogP contribution in [0.15, 0.2) is 9.64 Å². The smallest absolute Gasteiger partial charge is 0.277 e. The van der Waals surface area contributed by atoms with Gasteiger partial charge in [0.25, 0.3) is 5.22 Å². The van der Waals surface area contributed by atoms with Crippen LogP contribution in [0.3, 0.4) is 0 Å². The van der Waals surface area contributed by atoms with Crippen molar-refractivity contribution in [1.29, 1.82) is 0 Å². The van der Waals surface area contributed by atoms with E-state index in [1.807, 2.05) is 20.9 Å². The molecule has 4 saturated carbocycles. The Morgan fingerprint density at radius 2 is 1.82 bits per heavy atom. The van der Waals surface area contributed by atoms with Gasteiger partial charge in [0.2, 0.25) is 11.8 Å². The van der Waals surface area contributed by atoms with Gasteiger partial charge < -0.3 is 9.73 Å². The van der Waals surface area contributed by atoms with Crippen LogP contribution in [0, 0.1) is 31.6 Å². The lowest BCUT2D eigenvalue weighted by Crippen LogP contribution is -2.48. The average Bonchev–Trinajstić information content (AvgIpc) is 3.20. The molecule has 4 aliphatic carbocycles. The zero-order valence-electron chi connectivity index (χ0n) is 16.7. The highest BCUT2D eigenvalue weighted by Gasteiger charge is 2.54. The predicted molar refractivity (Wildman–Crippen MR) is 106 cm³/mol. The number of anilines is 1. The molecule has 7 nitrogen and oxygen atoms in total. The van der Waals surface area contributed by atoms with Crippen molar-refractivity contribution in [2.45, 2.75) is 63.0 Å². The normalized spacial score (nSPS) is 30.8. The minimum absolute atomic E-state index is 0.0845. The van der Waals surface area contributed by atoms with Gasteiger partial charge in [0, 0.05) is 12.5 Å². The van der Waals surface area contributed by atoms with Crippen molar-refractivity contribution in [3.05, 3.63) is 17.3 Å². The molecule has 0 spiro atoms. The third kappa shape index (κ3) is 3.06. The number of hydrogen-bond acceptors (Lipinski definition) is 6. The van der Waals surface area contributed by atoms with Crippen LogP contribution >= 0.6 is 11.8 Å². The molecule has 2 aromatic heterocycles. The number of rotatable bonds is 5. The number of carbonyl (C=O) groups excluding carboxylic acids is 1. The molecule has 8 heteroatoms. The zero-order chi connectivity index (χ0) is 19.5. The SMILES string of the molecule is Cc1nn(C)c(C)c1NC(=O)CSc1nnc(C23CC4CC(CC(C4)C2)C3)o1. The lowest BCUT2D eigenvalue weighted by molar-refractivity contribution is -0.113. The number of carbonyl (C=O) groups is 1. The minimum Gasteiger partial charge on any atom is -0.415 e. The van der Waals surface area contributed by atoms with Gasteiger partial charge in [-0.1, -0.05) is 11.8 Å². The molecule has 2 heterocycles. The number of amides is 1. The van der Waals surface area contributed by atoms with E-state index in [-0.39, 0.29) is 17.1 Å². The van der Waals surface area contributed by atoms with Gasteiger partial charge in [-0.05, 0) is 70.1 Å². The van der Waals surface area contributed by atoms with Gasteiger partial charge in [0.15, 0.2) is 0 Å². The maximum atomic E-state index is 12.4. The van der Waals surface area contributed by atoms with Crippen molar-refractivity contribution in [3.8, 4) is 0 Å². The van der Waals surface area contributed by atoms with E-state index in [4.69, 9.17) is 4.42 Å². The van der Waals surface area contributed by atoms with Crippen LogP contribution in [0.1, 0.15) is 55.8 Å². The summed E-state index contributed by atoms with van der Waals surface area (Å²) in [5.41, 5.74) is 2.65. The Balaban J connectivity index is 1.23. The Morgan fingerprint density at radius 3 is 2.39 bits per heavy atom. The summed E-state index contributed by atoms with van der Waals surface area (Å²) in [6, 6.07) is 0. The van der Waals surface area contributed by atoms with Crippen LogP contribution in [0.4, 0.5) is 5.69 Å². The first kappa shape index (κ1) is 18.2. The van der Waals surface area contributed by atoms with E-state index in [0.717, 1.165) is 40.7 Å². The van der Waals surface area contributed by atoms with Gasteiger partial charge >= 0.3 is 0 Å². The predicted octanol–water partition coefficient (Wildman–Crippen LogP) is 3.62. The lowest BCUT2D eigenvalue weighted by atomic mass is 9.49. The standard InChI is InChI=1S/C20H27N5O2S/c1-11-17(12(2)25(3)24-11)21-16(26)10-28-19-23-22-18(27-19)20-7-13-4-14(8-20)6-15(5-13)9-20/h13-15H,4-10H2,1-3H3,(H,21,26). The highest BCUT2D eigenvalue weighted by molar-refractivity contribution is 7.99. The highest BCUT2D eigenvalue weighted by atomic mass is 32.2. The number of hydrogen-bond donors (Lipinski definition) is 1. The largest absolute Gasteiger partial charge is 0.415 e. The van der Waals surface area contributed by atoms with Crippen molar-refractivity contribution in [1.82, 2.24) is 20.0 Å². The molecule has 4 aliphatic rings. The summed E-state index contributed by atoms with van der Waals surface area (Å²) < 4.78 is 7.84. The molecular formula is C20H27N5O2S. The second-order valence-electron chi connectivity index (χ2n) is 9.08. The molecule has 0 radical (unpaired) electrons. The Hall–Kier alpha value is -1.83. The maximum absolute atomic E-state index is 12.4. The first-order chi connectivity index (χ1) is 13.4. The number of aryl methyl sites for hydroxylation is 2. The molecule has 4 bridgehead atoms. The van der Waals surface area contributed by atoms with Crippen molar-refractivity contribution in [2.24, 2.45) is 24.8 Å². The molecule has 1 amide bonds. The van der Waals surface area contributed by atoms with Gasteiger partial charge in [-0.2, -0.15) is 5.10 Å². The molecule has 0 saturated heterocycles. The van der Waals surface area contributed by atoms with Gasteiger partial charge in [-0.3, -0.25) is 9.48 Å². The van der Waals surface area contributed by atoms with Crippen LogP contribution in [-0.4, -0.2) is 31.6 Å². The summed E-state index contributed by atoms with van der Waals surface area (Å²) in [6.07, 6.45) is 7.77. The van der Waals surface area contributed by atoms with Crippen LogP contribution in [0.25, 0.3) is 0 Å². The number of thioether (sulfide) groups is 1. The van der Waals surface area contributed by atoms with Crippen molar-refractivity contribution in [3.63, 3.8) is 0 Å². The summed E-state index contributed by atoms with van der Waals surface area (Å²) in [6.45, 7) is 3.84. The zero-order valence-corrected chi connectivity index (χ0v) is 17.5. The third-order valence-electron chi connectivity index (χ3n) is 7.00. The van der Waals surface area contributed by atoms with E-state index in [1.54, 1.807) is 4.68 Å². The summed E-state index contributed by atoms with van der Waals surface area (Å²) in [5, 5.41) is 16.4. The van der Waals surface area contributed by atoms with E-state index in [0.29, 0.717) is 5.22 Å². The van der Waals surface area contributed by atoms with Crippen molar-refractivity contribution >= 4 is 23.4 Å². The first-order valence-electron chi connectivity index (χ1n) is 10.2. The Morgan fingerprint density at radius 1 is 1.18 bits per heavy atom. The Labute approximate surface area is 169 Å². The third-order valence-corrected chi connectivity index (χ3v) is 7.82. The molecular weight excluding hydrogens is 374 g/mol. The van der Waals surface area contributed by atoms with Crippen molar-refractivity contribution in [2.75, 3.05) is 11.1 Å². The fourth-order valence-corrected chi connectivity index (χ4v) is 6.68. The molecule has 150 valence electrons. The second kappa shape index (κ2) is 6.61. The van der Waals surface area contributed by atoms with Gasteiger partial charge in [-0.25, -0.2) is 0 Å². The minimum atomic E-state index is -0.0845. The van der Waals surface area contributed by atoms with Crippen molar-refractivity contribution < 1.29 is 9.21 Å². The summed E-state index contributed by atoms with van der Waals surface area (Å²) in [5.74, 6) is 3.49. The molecule has 28 heavy (non-hydrogen) atoms. The first-order valence-corrected chi connectivity index (χ1v) is 11.2. The molecule has 0 atom stereocenters. The van der Waals surface area contributed by atoms with E-state index in [2.05, 4.69) is 20.6 Å². The van der Waals surface area contributed by atoms with Gasteiger partial charge in [0.05, 0.1) is 22.8 Å². The van der Waals surface area contributed by atoms with Gasteiger partial charge in [-0.15, -0.1) is 10.2 Å². The number of nitrogens with zero attached hydrogens (tertiary/aromatic N) is 4. The molecule has 0 aromatic carbocycles. The average molecular weight is 402 g/mol. The van der Waals surface area contributed by atoms with E-state index >= 15 is 0 Å². The lowest BCUT2D eigenvalue weighted by Gasteiger charge is -2.55. The molecule has 1 N–H and O–H groups in total. The van der Waals surface area contributed by atoms with Crippen LogP contribution in [0.2, 0.25) is 0 Å². The molecule has 0 aliphatic heterocycles. The van der Waals surface area contributed by atoms with Gasteiger partial charge in [0.1, 0.15) is 0 Å². The molecule has 0 unspecified atom stereocenters. The van der Waals surface area contributed by atoms with E-state index < -0.39 is 0 Å². The number of aromatic nitrogens is 4. The summed E-state index contributed by atoms with van der Waals surface area (Å²) in [4.78, 5) is 12.4. The van der Waals surface area contributed by atoms with E-state index in [9.17, 15) is 4.79 Å². The summed E-state index contributed by atoms with van der Waals surface area (Å²) in [7, 11) is 1.87. The monoisotopic (exact) mass is 401 g/mol. The molecule has 2 aromatic rings. The van der Waals surface area contributed by atoms with Crippen LogP contribution < -0.4 is 5.32 Å². The van der Waals surface area contributed by atoms with Crippen LogP contribution in [0.5, 0.6) is 0 Å². The summed E-state index contributed by atoms with van der Waals surface area (Å²) >= 11 is 1.31. The maximum Gasteiger partial charge on any atom is 0.277 e. The fourth-order valence-electron chi connectivity index (χ4n) is 6.11. The molecule has 4 fully saturated rings. The number of nitrogens with one attached hydrogen (secondary N) is 1. The van der Waals surface area contributed by atoms with E-state index in [1.165, 1.54) is 50.3 Å². The Bertz CT molecular complexity index is 883. The quantitative estimate of drug-likeness (QED) is 0.770. The molecule has 6 rings (SSSR count). The second-order valence-corrected chi connectivity index (χ2v) is 10.0. The van der Waals surface area contributed by atoms with Crippen LogP contribution in [-0.2, 0) is 17.3 Å². The fraction of sp³-hybridized carbons (Fsp3) is 0.700. The Kier molecular flexibility index (Phi) is 4.30. The highest BCUT2D eigenvalue weighted by Crippen LogP contribution is 2.60. The topological polar surface area (TPSA) is 85.8 Å².